The third kappa shape index (κ3) is 5.57. The van der Waals surface area contributed by atoms with Crippen LogP contribution in [0.25, 0.3) is 11.0 Å². The first kappa shape index (κ1) is 20.4. The summed E-state index contributed by atoms with van der Waals surface area (Å²) >= 11 is 15.3. The number of H-pyrrole nitrogens is 1. The number of halogens is 2. The first-order chi connectivity index (χ1) is 13.1. The largest absolute Gasteiger partial charge is 0.345 e. The molecule has 0 aliphatic heterocycles. The van der Waals surface area contributed by atoms with E-state index in [0.29, 0.717) is 10.0 Å². The Hall–Kier alpha value is -1.34. The Morgan fingerprint density at radius 2 is 2.07 bits per heavy atom. The van der Waals surface area contributed by atoms with Crippen molar-refractivity contribution < 1.29 is 4.79 Å². The van der Waals surface area contributed by atoms with Gasteiger partial charge in [0.25, 0.3) is 0 Å². The van der Waals surface area contributed by atoms with Gasteiger partial charge in [0, 0.05) is 9.92 Å². The van der Waals surface area contributed by atoms with Gasteiger partial charge in [-0.15, -0.1) is 11.8 Å². The lowest BCUT2D eigenvalue weighted by molar-refractivity contribution is -0.119. The fraction of sp³-hybridized carbons (Fsp3) is 0.263. The molecule has 0 fully saturated rings. The zero-order chi connectivity index (χ0) is 19.2. The van der Waals surface area contributed by atoms with E-state index in [1.54, 1.807) is 30.0 Å². The standard InChI is InChI=1S/C19H19Cl2N3OS2/c1-26-9-8-16(19-23-14-4-2-3-5-15(14)24-19)22-18(25)11-27-17-10-12(20)6-7-13(17)21/h2-7,10,16H,8-9,11H2,1H3,(H,22,25)(H,23,24)/t16-/m1/s1. The van der Waals surface area contributed by atoms with Crippen LogP contribution in [0.5, 0.6) is 0 Å². The highest BCUT2D eigenvalue weighted by molar-refractivity contribution is 8.00. The van der Waals surface area contributed by atoms with Crippen molar-refractivity contribution in [2.75, 3.05) is 17.8 Å². The van der Waals surface area contributed by atoms with Gasteiger partial charge in [-0.1, -0.05) is 35.3 Å². The van der Waals surface area contributed by atoms with E-state index in [4.69, 9.17) is 23.2 Å². The number of para-hydroxylation sites is 2. The lowest BCUT2D eigenvalue weighted by atomic mass is 10.2. The first-order valence-electron chi connectivity index (χ1n) is 8.37. The normalized spacial score (nSPS) is 12.3. The summed E-state index contributed by atoms with van der Waals surface area (Å²) in [5.41, 5.74) is 1.87. The molecule has 0 spiro atoms. The zero-order valence-corrected chi connectivity index (χ0v) is 17.8. The summed E-state index contributed by atoms with van der Waals surface area (Å²) in [4.78, 5) is 21.3. The quantitative estimate of drug-likeness (QED) is 0.450. The molecule has 1 heterocycles. The molecule has 0 radical (unpaired) electrons. The van der Waals surface area contributed by atoms with E-state index in [9.17, 15) is 4.79 Å². The van der Waals surface area contributed by atoms with Crippen LogP contribution in [0.2, 0.25) is 10.0 Å². The minimum absolute atomic E-state index is 0.0670. The van der Waals surface area contributed by atoms with Crippen LogP contribution in [-0.2, 0) is 4.79 Å². The number of fused-ring (bicyclic) bond motifs is 1. The number of aromatic amines is 1. The number of rotatable bonds is 8. The van der Waals surface area contributed by atoms with Gasteiger partial charge in [0.1, 0.15) is 5.82 Å². The number of benzene rings is 2. The topological polar surface area (TPSA) is 57.8 Å². The maximum absolute atomic E-state index is 12.5. The summed E-state index contributed by atoms with van der Waals surface area (Å²) in [7, 11) is 0. The van der Waals surface area contributed by atoms with Gasteiger partial charge in [-0.25, -0.2) is 4.98 Å². The van der Waals surface area contributed by atoms with E-state index in [2.05, 4.69) is 21.5 Å². The number of thioether (sulfide) groups is 2. The maximum Gasteiger partial charge on any atom is 0.230 e. The Bertz CT molecular complexity index is 899. The van der Waals surface area contributed by atoms with Crippen molar-refractivity contribution in [3.63, 3.8) is 0 Å². The van der Waals surface area contributed by atoms with Gasteiger partial charge >= 0.3 is 0 Å². The van der Waals surface area contributed by atoms with Gasteiger partial charge in [0.2, 0.25) is 5.91 Å². The van der Waals surface area contributed by atoms with E-state index in [1.807, 2.05) is 24.3 Å². The van der Waals surface area contributed by atoms with Crippen LogP contribution in [0.3, 0.4) is 0 Å². The van der Waals surface area contributed by atoms with Gasteiger partial charge in [-0.05, 0) is 48.8 Å². The highest BCUT2D eigenvalue weighted by Gasteiger charge is 2.18. The van der Waals surface area contributed by atoms with Crippen LogP contribution in [0, 0.1) is 0 Å². The van der Waals surface area contributed by atoms with Crippen LogP contribution in [0.4, 0.5) is 0 Å². The van der Waals surface area contributed by atoms with E-state index in [1.165, 1.54) is 11.8 Å². The summed E-state index contributed by atoms with van der Waals surface area (Å²) in [5.74, 6) is 1.90. The number of hydrogen-bond acceptors (Lipinski definition) is 4. The molecule has 27 heavy (non-hydrogen) atoms. The van der Waals surface area contributed by atoms with Crippen molar-refractivity contribution in [2.24, 2.45) is 0 Å². The summed E-state index contributed by atoms with van der Waals surface area (Å²) < 4.78 is 0. The molecule has 0 saturated heterocycles. The number of hydrogen-bond donors (Lipinski definition) is 2. The molecule has 3 aromatic rings. The number of nitrogens with one attached hydrogen (secondary N) is 2. The van der Waals surface area contributed by atoms with Gasteiger partial charge in [-0.3, -0.25) is 4.79 Å². The second kappa shape index (κ2) is 9.73. The van der Waals surface area contributed by atoms with E-state index >= 15 is 0 Å². The summed E-state index contributed by atoms with van der Waals surface area (Å²) in [6.45, 7) is 0. The summed E-state index contributed by atoms with van der Waals surface area (Å²) in [6.07, 6.45) is 2.85. The van der Waals surface area contributed by atoms with Crippen LogP contribution in [0.1, 0.15) is 18.3 Å². The SMILES string of the molecule is CSCC[C@@H](NC(=O)CSc1cc(Cl)ccc1Cl)c1nc2ccccc2[nH]1. The van der Waals surface area contributed by atoms with Gasteiger partial charge in [0.15, 0.2) is 0 Å². The summed E-state index contributed by atoms with van der Waals surface area (Å²) in [6, 6.07) is 12.9. The van der Waals surface area contributed by atoms with Crippen molar-refractivity contribution in [3.05, 3.63) is 58.3 Å². The van der Waals surface area contributed by atoms with Crippen LogP contribution >= 0.6 is 46.7 Å². The van der Waals surface area contributed by atoms with Crippen molar-refractivity contribution >= 4 is 63.7 Å². The number of aromatic nitrogens is 2. The predicted molar refractivity (Wildman–Crippen MR) is 117 cm³/mol. The van der Waals surface area contributed by atoms with Crippen LogP contribution < -0.4 is 5.32 Å². The molecule has 142 valence electrons. The molecule has 0 bridgehead atoms. The molecule has 0 aliphatic carbocycles. The van der Waals surface area contributed by atoms with Crippen molar-refractivity contribution in [2.45, 2.75) is 17.4 Å². The highest BCUT2D eigenvalue weighted by Crippen LogP contribution is 2.30. The van der Waals surface area contributed by atoms with Crippen molar-refractivity contribution in [3.8, 4) is 0 Å². The van der Waals surface area contributed by atoms with Crippen LogP contribution in [0.15, 0.2) is 47.4 Å². The highest BCUT2D eigenvalue weighted by atomic mass is 35.5. The number of carbonyl (C=O) groups excluding carboxylic acids is 1. The van der Waals surface area contributed by atoms with Crippen LogP contribution in [-0.4, -0.2) is 33.6 Å². The minimum atomic E-state index is -0.159. The second-order valence-electron chi connectivity index (χ2n) is 5.90. The molecule has 8 heteroatoms. The number of imidazole rings is 1. The second-order valence-corrected chi connectivity index (χ2v) is 8.75. The van der Waals surface area contributed by atoms with Gasteiger partial charge < -0.3 is 10.3 Å². The Morgan fingerprint density at radius 1 is 1.26 bits per heavy atom. The lowest BCUT2D eigenvalue weighted by Gasteiger charge is -2.16. The minimum Gasteiger partial charge on any atom is -0.345 e. The predicted octanol–water partition coefficient (Wildman–Crippen LogP) is 5.57. The average molecular weight is 440 g/mol. The number of nitrogens with zero attached hydrogens (tertiary/aromatic N) is 1. The molecule has 0 aliphatic rings. The zero-order valence-electron chi connectivity index (χ0n) is 14.7. The molecule has 4 nitrogen and oxygen atoms in total. The Balaban J connectivity index is 1.68. The van der Waals surface area contributed by atoms with E-state index < -0.39 is 0 Å². The molecule has 1 aromatic heterocycles. The molecule has 3 rings (SSSR count). The molecule has 1 atom stereocenters. The molecule has 0 unspecified atom stereocenters. The monoisotopic (exact) mass is 439 g/mol. The number of amides is 1. The molecular formula is C19H19Cl2N3OS2. The fourth-order valence-corrected chi connectivity index (χ4v) is 4.39. The smallest absolute Gasteiger partial charge is 0.230 e. The number of carbonyl (C=O) groups is 1. The van der Waals surface area contributed by atoms with Crippen molar-refractivity contribution in [1.82, 2.24) is 15.3 Å². The van der Waals surface area contributed by atoms with E-state index in [-0.39, 0.29) is 17.7 Å². The first-order valence-corrected chi connectivity index (χ1v) is 11.5. The molecule has 2 N–H and O–H groups in total. The fourth-order valence-electron chi connectivity index (χ4n) is 2.62. The third-order valence-electron chi connectivity index (χ3n) is 3.94. The molecule has 0 saturated carbocycles. The molecule has 1 amide bonds. The summed E-state index contributed by atoms with van der Waals surface area (Å²) in [5, 5.41) is 4.28. The van der Waals surface area contributed by atoms with Crippen molar-refractivity contribution in [1.29, 1.82) is 0 Å². The van der Waals surface area contributed by atoms with Gasteiger partial charge in [-0.2, -0.15) is 11.8 Å². The Morgan fingerprint density at radius 3 is 2.85 bits per heavy atom. The molecule has 2 aromatic carbocycles. The molecular weight excluding hydrogens is 421 g/mol. The average Bonchev–Trinajstić information content (AvgIpc) is 3.10. The van der Waals surface area contributed by atoms with Gasteiger partial charge in [0.05, 0.1) is 27.9 Å². The lowest BCUT2D eigenvalue weighted by Crippen LogP contribution is -2.31. The van der Waals surface area contributed by atoms with E-state index in [0.717, 1.165) is 33.9 Å². The Kier molecular flexibility index (Phi) is 7.35. The Labute approximate surface area is 176 Å². The third-order valence-corrected chi connectivity index (χ3v) is 6.31. The maximum atomic E-state index is 12.5.